The van der Waals surface area contributed by atoms with E-state index in [1.165, 1.54) is 24.1 Å². The minimum atomic E-state index is 0.0371. The largest absolute Gasteiger partial charge is 0.372 e. The van der Waals surface area contributed by atoms with E-state index >= 15 is 0 Å². The Balaban J connectivity index is 1.62. The molecule has 116 valence electrons. The summed E-state index contributed by atoms with van der Waals surface area (Å²) < 4.78 is 0. The predicted octanol–water partition coefficient (Wildman–Crippen LogP) is 3.77. The summed E-state index contributed by atoms with van der Waals surface area (Å²) in [6, 6.07) is 12.6. The van der Waals surface area contributed by atoms with E-state index in [2.05, 4.69) is 41.4 Å². The number of rotatable bonds is 5. The molecule has 4 heteroatoms. The zero-order valence-electron chi connectivity index (χ0n) is 12.9. The Morgan fingerprint density at radius 2 is 2.09 bits per heavy atom. The first-order chi connectivity index (χ1) is 10.7. The first kappa shape index (κ1) is 15.1. The summed E-state index contributed by atoms with van der Waals surface area (Å²) in [6.45, 7) is 4.33. The number of hydrogen-bond acceptors (Lipinski definition) is 3. The van der Waals surface area contributed by atoms with Crippen LogP contribution in [-0.2, 0) is 11.2 Å². The molecule has 1 saturated heterocycles. The maximum Gasteiger partial charge on any atom is 0.225 e. The Kier molecular flexibility index (Phi) is 4.78. The predicted molar refractivity (Wildman–Crippen MR) is 92.5 cm³/mol. The van der Waals surface area contributed by atoms with Crippen LogP contribution >= 0.6 is 11.3 Å². The van der Waals surface area contributed by atoms with E-state index in [-0.39, 0.29) is 11.9 Å². The SMILES string of the molecule is CC(NC(=O)Cc1cccs1)c1cccc(N2CCCC2)c1. The lowest BCUT2D eigenvalue weighted by Gasteiger charge is -2.20. The van der Waals surface area contributed by atoms with Crippen molar-refractivity contribution < 1.29 is 4.79 Å². The lowest BCUT2D eigenvalue weighted by Crippen LogP contribution is -2.28. The Hall–Kier alpha value is -1.81. The Morgan fingerprint density at radius 1 is 1.27 bits per heavy atom. The molecule has 1 aliphatic rings. The molecule has 22 heavy (non-hydrogen) atoms. The maximum absolute atomic E-state index is 12.1. The third kappa shape index (κ3) is 3.69. The molecular formula is C18H22N2OS. The number of carbonyl (C=O) groups excluding carboxylic acids is 1. The van der Waals surface area contributed by atoms with Crippen molar-refractivity contribution in [3.05, 3.63) is 52.2 Å². The third-order valence-electron chi connectivity index (χ3n) is 4.13. The molecule has 0 bridgehead atoms. The molecule has 1 aliphatic heterocycles. The van der Waals surface area contributed by atoms with Crippen molar-refractivity contribution in [3.8, 4) is 0 Å². The highest BCUT2D eigenvalue weighted by Gasteiger charge is 2.15. The average Bonchev–Trinajstić information content (AvgIpc) is 3.20. The van der Waals surface area contributed by atoms with Gasteiger partial charge in [-0.2, -0.15) is 0 Å². The van der Waals surface area contributed by atoms with Crippen LogP contribution in [0.1, 0.15) is 36.2 Å². The molecule has 0 saturated carbocycles. The average molecular weight is 314 g/mol. The maximum atomic E-state index is 12.1. The normalized spacial score (nSPS) is 15.8. The molecule has 1 N–H and O–H groups in total. The second-order valence-corrected chi connectivity index (χ2v) is 6.87. The van der Waals surface area contributed by atoms with Gasteiger partial charge in [0.25, 0.3) is 0 Å². The monoisotopic (exact) mass is 314 g/mol. The van der Waals surface area contributed by atoms with Gasteiger partial charge in [-0.1, -0.05) is 18.2 Å². The summed E-state index contributed by atoms with van der Waals surface area (Å²) in [6.07, 6.45) is 3.02. The summed E-state index contributed by atoms with van der Waals surface area (Å²) in [4.78, 5) is 15.6. The molecule has 3 rings (SSSR count). The van der Waals surface area contributed by atoms with Crippen LogP contribution in [0, 0.1) is 0 Å². The van der Waals surface area contributed by atoms with Crippen LogP contribution in [-0.4, -0.2) is 19.0 Å². The zero-order valence-corrected chi connectivity index (χ0v) is 13.7. The van der Waals surface area contributed by atoms with E-state index in [0.29, 0.717) is 6.42 Å². The molecule has 1 fully saturated rings. The summed E-state index contributed by atoms with van der Waals surface area (Å²) in [5.41, 5.74) is 2.44. The standard InChI is InChI=1S/C18H22N2OS/c1-14(19-18(21)13-17-8-5-11-22-17)15-6-4-7-16(12-15)20-9-2-3-10-20/h4-8,11-12,14H,2-3,9-10,13H2,1H3,(H,19,21). The van der Waals surface area contributed by atoms with Crippen LogP contribution in [0.25, 0.3) is 0 Å². The van der Waals surface area contributed by atoms with Gasteiger partial charge in [-0.3, -0.25) is 4.79 Å². The minimum Gasteiger partial charge on any atom is -0.372 e. The number of carbonyl (C=O) groups is 1. The van der Waals surface area contributed by atoms with E-state index in [1.54, 1.807) is 11.3 Å². The molecule has 1 unspecified atom stereocenters. The number of hydrogen-bond donors (Lipinski definition) is 1. The number of thiophene rings is 1. The van der Waals surface area contributed by atoms with Gasteiger partial charge in [-0.25, -0.2) is 0 Å². The fourth-order valence-corrected chi connectivity index (χ4v) is 3.62. The lowest BCUT2D eigenvalue weighted by atomic mass is 10.1. The molecule has 0 aliphatic carbocycles. The number of anilines is 1. The molecule has 2 aromatic rings. The number of nitrogens with zero attached hydrogens (tertiary/aromatic N) is 1. The van der Waals surface area contributed by atoms with Crippen LogP contribution in [0.3, 0.4) is 0 Å². The van der Waals surface area contributed by atoms with Crippen LogP contribution in [0.5, 0.6) is 0 Å². The van der Waals surface area contributed by atoms with Crippen molar-refractivity contribution in [2.45, 2.75) is 32.2 Å². The smallest absolute Gasteiger partial charge is 0.225 e. The van der Waals surface area contributed by atoms with E-state index in [1.807, 2.05) is 17.5 Å². The van der Waals surface area contributed by atoms with Gasteiger partial charge >= 0.3 is 0 Å². The van der Waals surface area contributed by atoms with Gasteiger partial charge in [-0.05, 0) is 48.9 Å². The highest BCUT2D eigenvalue weighted by Crippen LogP contribution is 2.24. The van der Waals surface area contributed by atoms with Crippen molar-refractivity contribution in [1.29, 1.82) is 0 Å². The first-order valence-electron chi connectivity index (χ1n) is 7.89. The molecular weight excluding hydrogens is 292 g/mol. The summed E-state index contributed by atoms with van der Waals surface area (Å²) >= 11 is 1.63. The molecule has 0 radical (unpaired) electrons. The van der Waals surface area contributed by atoms with E-state index < -0.39 is 0 Å². The van der Waals surface area contributed by atoms with Crippen LogP contribution in [0.4, 0.5) is 5.69 Å². The number of nitrogens with one attached hydrogen (secondary N) is 1. The highest BCUT2D eigenvalue weighted by molar-refractivity contribution is 7.10. The van der Waals surface area contributed by atoms with Crippen LogP contribution in [0.15, 0.2) is 41.8 Å². The van der Waals surface area contributed by atoms with E-state index in [4.69, 9.17) is 0 Å². The Morgan fingerprint density at radius 3 is 2.82 bits per heavy atom. The lowest BCUT2D eigenvalue weighted by molar-refractivity contribution is -0.121. The molecule has 2 heterocycles. The van der Waals surface area contributed by atoms with Gasteiger partial charge < -0.3 is 10.2 Å². The summed E-state index contributed by atoms with van der Waals surface area (Å²) in [5.74, 6) is 0.0847. The molecule has 1 aromatic heterocycles. The Labute approximate surface area is 136 Å². The van der Waals surface area contributed by atoms with Gasteiger partial charge in [0.2, 0.25) is 5.91 Å². The molecule has 3 nitrogen and oxygen atoms in total. The molecule has 1 aromatic carbocycles. The summed E-state index contributed by atoms with van der Waals surface area (Å²) in [7, 11) is 0. The summed E-state index contributed by atoms with van der Waals surface area (Å²) in [5, 5.41) is 5.11. The fraction of sp³-hybridized carbons (Fsp3) is 0.389. The second kappa shape index (κ2) is 6.97. The van der Waals surface area contributed by atoms with Gasteiger partial charge in [-0.15, -0.1) is 11.3 Å². The van der Waals surface area contributed by atoms with Crippen molar-refractivity contribution in [2.24, 2.45) is 0 Å². The second-order valence-electron chi connectivity index (χ2n) is 5.83. The van der Waals surface area contributed by atoms with Crippen molar-refractivity contribution in [1.82, 2.24) is 5.32 Å². The van der Waals surface area contributed by atoms with Gasteiger partial charge in [0.05, 0.1) is 12.5 Å². The topological polar surface area (TPSA) is 32.3 Å². The zero-order chi connectivity index (χ0) is 15.4. The molecule has 0 spiro atoms. The first-order valence-corrected chi connectivity index (χ1v) is 8.77. The number of amides is 1. The van der Waals surface area contributed by atoms with Gasteiger partial charge in [0.15, 0.2) is 0 Å². The fourth-order valence-electron chi connectivity index (χ4n) is 2.91. The van der Waals surface area contributed by atoms with Gasteiger partial charge in [0.1, 0.15) is 0 Å². The third-order valence-corrected chi connectivity index (χ3v) is 5.01. The van der Waals surface area contributed by atoms with E-state index in [0.717, 1.165) is 18.0 Å². The highest BCUT2D eigenvalue weighted by atomic mass is 32.1. The van der Waals surface area contributed by atoms with Crippen LogP contribution in [0.2, 0.25) is 0 Å². The molecule has 1 atom stereocenters. The van der Waals surface area contributed by atoms with Crippen molar-refractivity contribution >= 4 is 22.9 Å². The number of benzene rings is 1. The van der Waals surface area contributed by atoms with Crippen LogP contribution < -0.4 is 10.2 Å². The van der Waals surface area contributed by atoms with Gasteiger partial charge in [0, 0.05) is 23.7 Å². The van der Waals surface area contributed by atoms with E-state index in [9.17, 15) is 4.79 Å². The minimum absolute atomic E-state index is 0.0371. The Bertz CT molecular complexity index is 618. The quantitative estimate of drug-likeness (QED) is 0.911. The van der Waals surface area contributed by atoms with Crippen molar-refractivity contribution in [2.75, 3.05) is 18.0 Å². The molecule has 1 amide bonds. The van der Waals surface area contributed by atoms with Crippen molar-refractivity contribution in [3.63, 3.8) is 0 Å².